The third-order valence-corrected chi connectivity index (χ3v) is 7.22. The van der Waals surface area contributed by atoms with Crippen LogP contribution in [0.1, 0.15) is 28.0 Å². The summed E-state index contributed by atoms with van der Waals surface area (Å²) in [4.78, 5) is 37.0. The summed E-state index contributed by atoms with van der Waals surface area (Å²) in [7, 11) is 1.84. The van der Waals surface area contributed by atoms with Crippen LogP contribution >= 0.6 is 22.7 Å². The molecule has 7 nitrogen and oxygen atoms in total. The number of para-hydroxylation sites is 1. The molecule has 0 saturated heterocycles. The lowest BCUT2D eigenvalue weighted by molar-refractivity contribution is -0.134. The first-order chi connectivity index (χ1) is 15.6. The van der Waals surface area contributed by atoms with E-state index in [1.54, 1.807) is 33.7 Å². The minimum Gasteiger partial charge on any atom is -0.309 e. The maximum atomic E-state index is 13.2. The summed E-state index contributed by atoms with van der Waals surface area (Å²) in [6.07, 6.45) is 0.704. The molecule has 0 bridgehead atoms. The lowest BCUT2D eigenvalue weighted by Gasteiger charge is -2.23. The minimum absolute atomic E-state index is 0.0828. The van der Waals surface area contributed by atoms with Gasteiger partial charge in [0.2, 0.25) is 0 Å². The van der Waals surface area contributed by atoms with E-state index in [1.165, 1.54) is 0 Å². The van der Waals surface area contributed by atoms with E-state index >= 15 is 0 Å². The zero-order valence-electron chi connectivity index (χ0n) is 17.4. The number of thiophene rings is 2. The van der Waals surface area contributed by atoms with Crippen molar-refractivity contribution in [3.8, 4) is 0 Å². The van der Waals surface area contributed by atoms with E-state index in [-0.39, 0.29) is 24.1 Å². The molecule has 5 rings (SSSR count). The Labute approximate surface area is 192 Å². The zero-order valence-corrected chi connectivity index (χ0v) is 19.0. The first-order valence-corrected chi connectivity index (χ1v) is 12.0. The molecular weight excluding hydrogens is 442 g/mol. The summed E-state index contributed by atoms with van der Waals surface area (Å²) in [5, 5.41) is 10.9. The van der Waals surface area contributed by atoms with Gasteiger partial charge in [0.25, 0.3) is 11.5 Å². The minimum atomic E-state index is -0.173. The number of carbonyl (C=O) groups excluding carboxylic acids is 1. The second-order valence-electron chi connectivity index (χ2n) is 7.70. The van der Waals surface area contributed by atoms with Crippen molar-refractivity contribution in [1.82, 2.24) is 19.9 Å². The summed E-state index contributed by atoms with van der Waals surface area (Å²) < 4.78 is 0. The molecule has 4 heterocycles. The van der Waals surface area contributed by atoms with Crippen LogP contribution < -0.4 is 5.56 Å². The van der Waals surface area contributed by atoms with E-state index in [0.717, 1.165) is 15.5 Å². The molecule has 0 spiro atoms. The van der Waals surface area contributed by atoms with Gasteiger partial charge in [0.05, 0.1) is 40.6 Å². The number of hydrogen-bond donors (Lipinski definition) is 1. The number of nitrogens with zero attached hydrogens (tertiary/aromatic N) is 4. The van der Waals surface area contributed by atoms with Crippen LogP contribution in [0, 0.1) is 0 Å². The Morgan fingerprint density at radius 2 is 1.97 bits per heavy atom. The average Bonchev–Trinajstić information content (AvgIpc) is 3.54. The maximum absolute atomic E-state index is 13.2. The summed E-state index contributed by atoms with van der Waals surface area (Å²) >= 11 is 3.27. The second kappa shape index (κ2) is 8.78. The fourth-order valence-corrected chi connectivity index (χ4v) is 5.39. The Kier molecular flexibility index (Phi) is 5.69. The molecular formula is C23H21N5O2S2. The monoisotopic (exact) mass is 463 g/mol. The Bertz CT molecular complexity index is 1330. The quantitative estimate of drug-likeness (QED) is 0.471. The number of benzene rings is 1. The van der Waals surface area contributed by atoms with Crippen molar-refractivity contribution < 1.29 is 4.79 Å². The summed E-state index contributed by atoms with van der Waals surface area (Å²) in [5.41, 5.74) is 1.41. The number of H-pyrrole nitrogens is 1. The predicted octanol–water partition coefficient (Wildman–Crippen LogP) is 3.86. The highest BCUT2D eigenvalue weighted by Crippen LogP contribution is 2.35. The van der Waals surface area contributed by atoms with Crippen molar-refractivity contribution in [3.63, 3.8) is 0 Å². The van der Waals surface area contributed by atoms with Crippen LogP contribution in [0.25, 0.3) is 10.9 Å². The number of aromatic nitrogens is 2. The largest absolute Gasteiger partial charge is 0.309 e. The molecule has 0 radical (unpaired) electrons. The zero-order chi connectivity index (χ0) is 22.1. The molecule has 162 valence electrons. The van der Waals surface area contributed by atoms with Gasteiger partial charge >= 0.3 is 0 Å². The molecule has 1 aromatic carbocycles. The summed E-state index contributed by atoms with van der Waals surface area (Å²) in [6.45, 7) is 0.518. The molecule has 32 heavy (non-hydrogen) atoms. The highest BCUT2D eigenvalue weighted by Gasteiger charge is 2.34. The van der Waals surface area contributed by atoms with Gasteiger partial charge in [-0.1, -0.05) is 24.3 Å². The lowest BCUT2D eigenvalue weighted by Crippen LogP contribution is -2.36. The third kappa shape index (κ3) is 4.14. The number of likely N-dealkylation sites (N-methyl/N-ethyl adjacent to an activating group) is 1. The number of hydrogen-bond acceptors (Lipinski definition) is 7. The molecule has 1 aliphatic heterocycles. The van der Waals surface area contributed by atoms with E-state index in [0.29, 0.717) is 29.7 Å². The van der Waals surface area contributed by atoms with Gasteiger partial charge in [0.15, 0.2) is 0 Å². The molecule has 0 aliphatic carbocycles. The smallest absolute Gasteiger partial charge is 0.258 e. The van der Waals surface area contributed by atoms with Crippen molar-refractivity contribution in [3.05, 3.63) is 85.2 Å². The summed E-state index contributed by atoms with van der Waals surface area (Å²) in [6, 6.07) is 15.2. The highest BCUT2D eigenvalue weighted by atomic mass is 32.1. The van der Waals surface area contributed by atoms with Crippen molar-refractivity contribution in [1.29, 1.82) is 0 Å². The summed E-state index contributed by atoms with van der Waals surface area (Å²) in [5.74, 6) is 0.448. The Morgan fingerprint density at radius 1 is 1.16 bits per heavy atom. The predicted molar refractivity (Wildman–Crippen MR) is 128 cm³/mol. The molecule has 3 aromatic heterocycles. The highest BCUT2D eigenvalue weighted by molar-refractivity contribution is 7.12. The number of rotatable bonds is 6. The fourth-order valence-electron chi connectivity index (χ4n) is 3.86. The molecule has 1 aliphatic rings. The first-order valence-electron chi connectivity index (χ1n) is 10.2. The molecule has 9 heteroatoms. The first kappa shape index (κ1) is 20.7. The Balaban J connectivity index is 1.34. The van der Waals surface area contributed by atoms with Gasteiger partial charge in [0, 0.05) is 11.3 Å². The number of nitrogens with one attached hydrogen (secondary N) is 1. The molecule has 4 aromatic rings. The Morgan fingerprint density at radius 3 is 2.75 bits per heavy atom. The van der Waals surface area contributed by atoms with Gasteiger partial charge in [-0.25, -0.2) is 9.99 Å². The van der Waals surface area contributed by atoms with Gasteiger partial charge in [-0.3, -0.25) is 14.5 Å². The van der Waals surface area contributed by atoms with Crippen LogP contribution in [0.3, 0.4) is 0 Å². The lowest BCUT2D eigenvalue weighted by atomic mass is 10.1. The van der Waals surface area contributed by atoms with Crippen LogP contribution in [0.2, 0.25) is 0 Å². The van der Waals surface area contributed by atoms with Gasteiger partial charge in [-0.05, 0) is 42.1 Å². The van der Waals surface area contributed by atoms with Crippen molar-refractivity contribution in [2.75, 3.05) is 13.6 Å². The average molecular weight is 464 g/mol. The van der Waals surface area contributed by atoms with E-state index in [1.807, 2.05) is 59.1 Å². The maximum Gasteiger partial charge on any atom is 0.258 e. The number of aromatic amines is 1. The van der Waals surface area contributed by atoms with Crippen LogP contribution in [0.4, 0.5) is 0 Å². The van der Waals surface area contributed by atoms with Gasteiger partial charge in [-0.2, -0.15) is 5.10 Å². The SMILES string of the molecule is CN(CC(=O)N1N=C(c2cccs2)C[C@@H]1c1cccs1)Cc1nc2ccccc2c(=O)[nH]1. The number of amides is 1. The fraction of sp³-hybridized carbons (Fsp3) is 0.217. The van der Waals surface area contributed by atoms with E-state index in [4.69, 9.17) is 5.10 Å². The third-order valence-electron chi connectivity index (χ3n) is 5.33. The standard InChI is InChI=1S/C23H21N5O2S2/c1-27(13-21-24-16-7-3-2-6-15(16)23(30)25-21)14-22(29)28-18(20-9-5-11-32-20)12-17(26-28)19-8-4-10-31-19/h2-11,18H,12-14H2,1H3,(H,24,25,30)/t18-/m1/s1. The van der Waals surface area contributed by atoms with Crippen LogP contribution in [0.15, 0.2) is 69.2 Å². The van der Waals surface area contributed by atoms with Crippen LogP contribution in [-0.2, 0) is 11.3 Å². The van der Waals surface area contributed by atoms with E-state index in [2.05, 4.69) is 16.0 Å². The topological polar surface area (TPSA) is 81.7 Å². The van der Waals surface area contributed by atoms with Gasteiger partial charge in [0.1, 0.15) is 5.82 Å². The molecule has 1 atom stereocenters. The second-order valence-corrected chi connectivity index (χ2v) is 9.63. The van der Waals surface area contributed by atoms with E-state index in [9.17, 15) is 9.59 Å². The van der Waals surface area contributed by atoms with Crippen molar-refractivity contribution in [2.24, 2.45) is 5.10 Å². The molecule has 1 N–H and O–H groups in total. The van der Waals surface area contributed by atoms with E-state index < -0.39 is 0 Å². The van der Waals surface area contributed by atoms with Crippen LogP contribution in [-0.4, -0.2) is 45.1 Å². The van der Waals surface area contributed by atoms with Crippen molar-refractivity contribution >= 4 is 45.2 Å². The Hall–Kier alpha value is -3.14. The molecule has 0 unspecified atom stereocenters. The van der Waals surface area contributed by atoms with Crippen molar-refractivity contribution in [2.45, 2.75) is 19.0 Å². The normalized spacial score (nSPS) is 16.1. The number of carbonyl (C=O) groups is 1. The van der Waals surface area contributed by atoms with Gasteiger partial charge < -0.3 is 4.98 Å². The number of fused-ring (bicyclic) bond motifs is 1. The van der Waals surface area contributed by atoms with Gasteiger partial charge in [-0.15, -0.1) is 22.7 Å². The molecule has 0 saturated carbocycles. The molecule has 1 amide bonds. The van der Waals surface area contributed by atoms with Crippen LogP contribution in [0.5, 0.6) is 0 Å². The number of hydrazone groups is 1. The molecule has 0 fully saturated rings.